The summed E-state index contributed by atoms with van der Waals surface area (Å²) in [4.78, 5) is 19.8. The van der Waals surface area contributed by atoms with Gasteiger partial charge in [0.25, 0.3) is 5.91 Å². The highest BCUT2D eigenvalue weighted by Crippen LogP contribution is 2.31. The van der Waals surface area contributed by atoms with Gasteiger partial charge in [-0.05, 0) is 57.4 Å². The monoisotopic (exact) mass is 384 g/mol. The van der Waals surface area contributed by atoms with Crippen LogP contribution in [-0.4, -0.2) is 39.9 Å². The molecule has 3 heterocycles. The summed E-state index contributed by atoms with van der Waals surface area (Å²) in [5, 5.41) is 5.19. The zero-order valence-electron chi connectivity index (χ0n) is 15.9. The van der Waals surface area contributed by atoms with Crippen molar-refractivity contribution in [3.63, 3.8) is 0 Å². The molecule has 1 aliphatic rings. The third-order valence-electron chi connectivity index (χ3n) is 4.92. The first-order chi connectivity index (χ1) is 13.0. The van der Waals surface area contributed by atoms with Gasteiger partial charge in [0, 0.05) is 18.8 Å². The van der Waals surface area contributed by atoms with Gasteiger partial charge < -0.3 is 4.74 Å². The molecule has 0 aliphatic carbocycles. The molecular formula is C20H24N4O2S. The van der Waals surface area contributed by atoms with Crippen LogP contribution in [0, 0.1) is 13.8 Å². The molecule has 2 aromatic heterocycles. The molecule has 0 bridgehead atoms. The van der Waals surface area contributed by atoms with Gasteiger partial charge in [0.05, 0.1) is 22.9 Å². The van der Waals surface area contributed by atoms with Gasteiger partial charge in [-0.1, -0.05) is 17.4 Å². The number of rotatable bonds is 5. The maximum Gasteiger partial charge on any atom is 0.280 e. The predicted octanol–water partition coefficient (Wildman–Crippen LogP) is 3.96. The fourth-order valence-corrected chi connectivity index (χ4v) is 4.52. The molecule has 6 nitrogen and oxygen atoms in total. The molecular weight excluding hydrogens is 360 g/mol. The molecule has 1 amide bonds. The fourth-order valence-electron chi connectivity index (χ4n) is 3.45. The molecule has 142 valence electrons. The van der Waals surface area contributed by atoms with Crippen molar-refractivity contribution in [3.8, 4) is 0 Å². The van der Waals surface area contributed by atoms with E-state index in [9.17, 15) is 4.79 Å². The smallest absolute Gasteiger partial charge is 0.280 e. The Morgan fingerprint density at radius 1 is 1.37 bits per heavy atom. The van der Waals surface area contributed by atoms with E-state index in [1.807, 2.05) is 36.7 Å². The van der Waals surface area contributed by atoms with Crippen LogP contribution in [0.15, 0.2) is 24.3 Å². The molecule has 1 saturated heterocycles. The standard InChI is InChI=1S/C20H24N4O2S/c1-4-24-14(3)11-17(22-24)19(25)23(12-15-6-5-9-26-15)20-21-16-8-7-13(2)10-18(16)27-20/h7-8,10-11,15H,4-6,9,12H2,1-3H3. The lowest BCUT2D eigenvalue weighted by molar-refractivity contribution is 0.0912. The number of amides is 1. The summed E-state index contributed by atoms with van der Waals surface area (Å²) < 4.78 is 8.73. The van der Waals surface area contributed by atoms with Crippen molar-refractivity contribution in [2.24, 2.45) is 0 Å². The van der Waals surface area contributed by atoms with Gasteiger partial charge in [-0.25, -0.2) is 4.98 Å². The lowest BCUT2D eigenvalue weighted by Gasteiger charge is -2.22. The van der Waals surface area contributed by atoms with Crippen molar-refractivity contribution in [1.82, 2.24) is 14.8 Å². The van der Waals surface area contributed by atoms with Crippen LogP contribution < -0.4 is 4.90 Å². The summed E-state index contributed by atoms with van der Waals surface area (Å²) in [7, 11) is 0. The van der Waals surface area contributed by atoms with E-state index >= 15 is 0 Å². The van der Waals surface area contributed by atoms with Crippen LogP contribution in [0.3, 0.4) is 0 Å². The van der Waals surface area contributed by atoms with Gasteiger partial charge in [0.15, 0.2) is 10.8 Å². The number of anilines is 1. The predicted molar refractivity (Wildman–Crippen MR) is 108 cm³/mol. The maximum atomic E-state index is 13.3. The number of benzene rings is 1. The third-order valence-corrected chi connectivity index (χ3v) is 5.96. The number of hydrogen-bond acceptors (Lipinski definition) is 5. The molecule has 0 saturated carbocycles. The van der Waals surface area contributed by atoms with Crippen molar-refractivity contribution in [2.75, 3.05) is 18.1 Å². The average molecular weight is 385 g/mol. The first kappa shape index (κ1) is 18.1. The molecule has 1 atom stereocenters. The zero-order valence-corrected chi connectivity index (χ0v) is 16.8. The topological polar surface area (TPSA) is 60.2 Å². The van der Waals surface area contributed by atoms with Crippen molar-refractivity contribution in [1.29, 1.82) is 0 Å². The van der Waals surface area contributed by atoms with E-state index < -0.39 is 0 Å². The van der Waals surface area contributed by atoms with E-state index in [1.165, 1.54) is 5.56 Å². The number of carbonyl (C=O) groups excluding carboxylic acids is 1. The molecule has 1 aromatic carbocycles. The van der Waals surface area contributed by atoms with E-state index in [2.05, 4.69) is 18.1 Å². The second-order valence-corrected chi connectivity index (χ2v) is 8.01. The van der Waals surface area contributed by atoms with Crippen LogP contribution in [0.5, 0.6) is 0 Å². The minimum Gasteiger partial charge on any atom is -0.376 e. The van der Waals surface area contributed by atoms with Crippen LogP contribution in [0.1, 0.15) is 41.5 Å². The van der Waals surface area contributed by atoms with Crippen LogP contribution in [-0.2, 0) is 11.3 Å². The normalized spacial score (nSPS) is 16.9. The second-order valence-electron chi connectivity index (χ2n) is 7.01. The summed E-state index contributed by atoms with van der Waals surface area (Å²) in [5.74, 6) is -0.114. The third kappa shape index (κ3) is 3.61. The molecule has 1 unspecified atom stereocenters. The van der Waals surface area contributed by atoms with E-state index in [-0.39, 0.29) is 12.0 Å². The SMILES string of the molecule is CCn1nc(C(=O)N(CC2CCCO2)c2nc3ccc(C)cc3s2)cc1C. The molecule has 0 radical (unpaired) electrons. The second kappa shape index (κ2) is 7.40. The van der Waals surface area contributed by atoms with Gasteiger partial charge in [0.2, 0.25) is 0 Å². The number of ether oxygens (including phenoxy) is 1. The van der Waals surface area contributed by atoms with E-state index in [1.54, 1.807) is 16.2 Å². The minimum absolute atomic E-state index is 0.0528. The lowest BCUT2D eigenvalue weighted by Crippen LogP contribution is -2.37. The van der Waals surface area contributed by atoms with Crippen molar-refractivity contribution < 1.29 is 9.53 Å². The molecule has 4 rings (SSSR count). The maximum absolute atomic E-state index is 13.3. The summed E-state index contributed by atoms with van der Waals surface area (Å²) in [6, 6.07) is 8.02. The van der Waals surface area contributed by atoms with E-state index in [0.29, 0.717) is 17.4 Å². The summed E-state index contributed by atoms with van der Waals surface area (Å²) in [5.41, 5.74) is 3.55. The summed E-state index contributed by atoms with van der Waals surface area (Å²) >= 11 is 1.55. The van der Waals surface area contributed by atoms with Crippen molar-refractivity contribution in [2.45, 2.75) is 46.3 Å². The average Bonchev–Trinajstić information content (AvgIpc) is 3.37. The molecule has 7 heteroatoms. The number of thiazole rings is 1. The van der Waals surface area contributed by atoms with Crippen LogP contribution in [0.25, 0.3) is 10.2 Å². The Labute approximate surface area is 162 Å². The lowest BCUT2D eigenvalue weighted by atomic mass is 10.2. The van der Waals surface area contributed by atoms with Gasteiger partial charge >= 0.3 is 0 Å². The van der Waals surface area contributed by atoms with Crippen LogP contribution >= 0.6 is 11.3 Å². The molecule has 1 aliphatic heterocycles. The number of aryl methyl sites for hydroxylation is 3. The largest absolute Gasteiger partial charge is 0.376 e. The number of fused-ring (bicyclic) bond motifs is 1. The van der Waals surface area contributed by atoms with Crippen molar-refractivity contribution >= 4 is 32.6 Å². The molecule has 27 heavy (non-hydrogen) atoms. The molecule has 1 fully saturated rings. The Morgan fingerprint density at radius 3 is 2.93 bits per heavy atom. The highest BCUT2D eigenvalue weighted by molar-refractivity contribution is 7.22. The Hall–Kier alpha value is -2.25. The summed E-state index contributed by atoms with van der Waals surface area (Å²) in [6.45, 7) is 8.07. The Balaban J connectivity index is 1.71. The highest BCUT2D eigenvalue weighted by Gasteiger charge is 2.28. The molecule has 3 aromatic rings. The van der Waals surface area contributed by atoms with Crippen LogP contribution in [0.2, 0.25) is 0 Å². The van der Waals surface area contributed by atoms with E-state index in [4.69, 9.17) is 9.72 Å². The first-order valence-electron chi connectivity index (χ1n) is 9.40. The Kier molecular flexibility index (Phi) is 4.97. The number of carbonyl (C=O) groups is 1. The Bertz CT molecular complexity index is 972. The van der Waals surface area contributed by atoms with Crippen molar-refractivity contribution in [3.05, 3.63) is 41.2 Å². The molecule has 0 N–H and O–H groups in total. The van der Waals surface area contributed by atoms with Gasteiger partial charge in [-0.2, -0.15) is 5.10 Å². The zero-order chi connectivity index (χ0) is 19.0. The first-order valence-corrected chi connectivity index (χ1v) is 10.2. The number of nitrogens with zero attached hydrogens (tertiary/aromatic N) is 4. The summed E-state index contributed by atoms with van der Waals surface area (Å²) in [6.07, 6.45) is 2.06. The number of hydrogen-bond donors (Lipinski definition) is 0. The van der Waals surface area contributed by atoms with Gasteiger partial charge in [0.1, 0.15) is 0 Å². The Morgan fingerprint density at radius 2 is 2.22 bits per heavy atom. The fraction of sp³-hybridized carbons (Fsp3) is 0.450. The highest BCUT2D eigenvalue weighted by atomic mass is 32.1. The van der Waals surface area contributed by atoms with Gasteiger partial charge in [-0.3, -0.25) is 14.4 Å². The van der Waals surface area contributed by atoms with Gasteiger partial charge in [-0.15, -0.1) is 0 Å². The minimum atomic E-state index is -0.114. The quantitative estimate of drug-likeness (QED) is 0.668. The van der Waals surface area contributed by atoms with E-state index in [0.717, 1.165) is 41.9 Å². The molecule has 0 spiro atoms. The van der Waals surface area contributed by atoms with Crippen LogP contribution in [0.4, 0.5) is 5.13 Å². The number of aromatic nitrogens is 3.